The Bertz CT molecular complexity index is 826. The van der Waals surface area contributed by atoms with Crippen molar-refractivity contribution in [2.75, 3.05) is 5.32 Å². The van der Waals surface area contributed by atoms with Gasteiger partial charge >= 0.3 is 0 Å². The Kier molecular flexibility index (Phi) is 3.84. The molecule has 3 nitrogen and oxygen atoms in total. The van der Waals surface area contributed by atoms with Crippen LogP contribution in [0.3, 0.4) is 0 Å². The molecule has 0 saturated carbocycles. The molecular formula is C17H11F2N3. The first kappa shape index (κ1) is 13.8. The average molecular weight is 295 g/mol. The maximum atomic E-state index is 13.2. The summed E-state index contributed by atoms with van der Waals surface area (Å²) in [7, 11) is 0. The summed E-state index contributed by atoms with van der Waals surface area (Å²) in [6.45, 7) is 0. The van der Waals surface area contributed by atoms with E-state index < -0.39 is 11.6 Å². The maximum Gasteiger partial charge on any atom is 0.204 e. The van der Waals surface area contributed by atoms with Gasteiger partial charge in [-0.15, -0.1) is 0 Å². The molecule has 0 unspecified atom stereocenters. The van der Waals surface area contributed by atoms with Gasteiger partial charge in [0.05, 0.1) is 5.69 Å². The quantitative estimate of drug-likeness (QED) is 0.705. The molecule has 0 bridgehead atoms. The summed E-state index contributed by atoms with van der Waals surface area (Å²) < 4.78 is 26.3. The van der Waals surface area contributed by atoms with Gasteiger partial charge in [0, 0.05) is 29.6 Å². The number of aromatic amines is 1. The van der Waals surface area contributed by atoms with Crippen molar-refractivity contribution in [1.29, 1.82) is 0 Å². The number of hydrogen-bond donors (Lipinski definition) is 2. The first-order valence-electron chi connectivity index (χ1n) is 6.54. The van der Waals surface area contributed by atoms with Crippen LogP contribution in [0, 0.1) is 23.5 Å². The summed E-state index contributed by atoms with van der Waals surface area (Å²) in [6, 6.07) is 10.6. The van der Waals surface area contributed by atoms with Crippen molar-refractivity contribution in [2.24, 2.45) is 0 Å². The standard InChI is InChI=1S/C17H11F2N3/c18-14-9-12(10-15(19)11-14)5-6-13-3-1-2-4-16(13)22-17-20-7-8-21-17/h1-4,7-11H,(H2,20,21,22). The van der Waals surface area contributed by atoms with Gasteiger partial charge < -0.3 is 10.3 Å². The molecule has 1 heterocycles. The molecule has 0 amide bonds. The predicted octanol–water partition coefficient (Wildman–Crippen LogP) is 3.83. The van der Waals surface area contributed by atoms with Gasteiger partial charge in [-0.1, -0.05) is 24.0 Å². The Morgan fingerprint density at radius 3 is 2.50 bits per heavy atom. The number of halogens is 2. The van der Waals surface area contributed by atoms with Crippen molar-refractivity contribution in [3.05, 3.63) is 77.6 Å². The molecule has 0 aliphatic carbocycles. The molecule has 0 aliphatic rings. The number of para-hydroxylation sites is 1. The number of aromatic nitrogens is 2. The number of anilines is 2. The molecule has 0 spiro atoms. The third-order valence-corrected chi connectivity index (χ3v) is 2.88. The molecule has 0 atom stereocenters. The lowest BCUT2D eigenvalue weighted by Gasteiger charge is -2.05. The van der Waals surface area contributed by atoms with E-state index in [1.807, 2.05) is 24.3 Å². The van der Waals surface area contributed by atoms with Crippen LogP contribution >= 0.6 is 0 Å². The van der Waals surface area contributed by atoms with E-state index in [2.05, 4.69) is 27.1 Å². The highest BCUT2D eigenvalue weighted by Crippen LogP contribution is 2.17. The van der Waals surface area contributed by atoms with Crippen molar-refractivity contribution in [1.82, 2.24) is 9.97 Å². The highest BCUT2D eigenvalue weighted by molar-refractivity contribution is 5.64. The number of H-pyrrole nitrogens is 1. The minimum Gasteiger partial charge on any atom is -0.331 e. The van der Waals surface area contributed by atoms with Gasteiger partial charge in [0.1, 0.15) is 11.6 Å². The van der Waals surface area contributed by atoms with E-state index in [4.69, 9.17) is 0 Å². The highest BCUT2D eigenvalue weighted by atomic mass is 19.1. The zero-order chi connectivity index (χ0) is 15.4. The Balaban J connectivity index is 1.91. The van der Waals surface area contributed by atoms with Crippen LogP contribution in [0.25, 0.3) is 0 Å². The van der Waals surface area contributed by atoms with Crippen LogP contribution in [0.4, 0.5) is 20.4 Å². The normalized spacial score (nSPS) is 9.91. The zero-order valence-electron chi connectivity index (χ0n) is 11.4. The monoisotopic (exact) mass is 295 g/mol. The van der Waals surface area contributed by atoms with Gasteiger partial charge in [0.2, 0.25) is 5.95 Å². The molecular weight excluding hydrogens is 284 g/mol. The van der Waals surface area contributed by atoms with Crippen LogP contribution in [-0.2, 0) is 0 Å². The fraction of sp³-hybridized carbons (Fsp3) is 0. The summed E-state index contributed by atoms with van der Waals surface area (Å²) >= 11 is 0. The van der Waals surface area contributed by atoms with E-state index in [0.717, 1.165) is 11.8 Å². The van der Waals surface area contributed by atoms with Crippen LogP contribution in [0.15, 0.2) is 54.9 Å². The highest BCUT2D eigenvalue weighted by Gasteiger charge is 2.01. The third-order valence-electron chi connectivity index (χ3n) is 2.88. The minimum absolute atomic E-state index is 0.283. The Morgan fingerprint density at radius 2 is 1.77 bits per heavy atom. The fourth-order valence-electron chi connectivity index (χ4n) is 1.93. The molecule has 2 N–H and O–H groups in total. The van der Waals surface area contributed by atoms with Gasteiger partial charge in [0.15, 0.2) is 0 Å². The van der Waals surface area contributed by atoms with E-state index in [0.29, 0.717) is 11.5 Å². The Labute approximate surface area is 126 Å². The van der Waals surface area contributed by atoms with Crippen molar-refractivity contribution in [3.8, 4) is 11.8 Å². The first-order chi connectivity index (χ1) is 10.7. The van der Waals surface area contributed by atoms with Crippen LogP contribution in [0.1, 0.15) is 11.1 Å². The molecule has 1 aromatic heterocycles. The van der Waals surface area contributed by atoms with Crippen LogP contribution in [0.2, 0.25) is 0 Å². The van der Waals surface area contributed by atoms with Gasteiger partial charge in [-0.3, -0.25) is 0 Å². The largest absolute Gasteiger partial charge is 0.331 e. The maximum absolute atomic E-state index is 13.2. The van der Waals surface area contributed by atoms with Crippen molar-refractivity contribution < 1.29 is 8.78 Å². The van der Waals surface area contributed by atoms with Crippen LogP contribution in [0.5, 0.6) is 0 Å². The second-order valence-corrected chi connectivity index (χ2v) is 4.52. The molecule has 5 heteroatoms. The van der Waals surface area contributed by atoms with Gasteiger partial charge in [-0.25, -0.2) is 13.8 Å². The number of nitrogens with zero attached hydrogens (tertiary/aromatic N) is 1. The van der Waals surface area contributed by atoms with Crippen molar-refractivity contribution in [3.63, 3.8) is 0 Å². The zero-order valence-corrected chi connectivity index (χ0v) is 11.4. The molecule has 0 fully saturated rings. The van der Waals surface area contributed by atoms with E-state index in [9.17, 15) is 8.78 Å². The summed E-state index contributed by atoms with van der Waals surface area (Å²) in [6.07, 6.45) is 3.33. The summed E-state index contributed by atoms with van der Waals surface area (Å²) in [5, 5.41) is 3.09. The average Bonchev–Trinajstić information content (AvgIpc) is 2.98. The topological polar surface area (TPSA) is 40.7 Å². The smallest absolute Gasteiger partial charge is 0.204 e. The Morgan fingerprint density at radius 1 is 1.00 bits per heavy atom. The summed E-state index contributed by atoms with van der Waals surface area (Å²) in [5.74, 6) is 4.97. The molecule has 3 aromatic rings. The Hall–Kier alpha value is -3.13. The molecule has 2 aromatic carbocycles. The van der Waals surface area contributed by atoms with Gasteiger partial charge in [-0.2, -0.15) is 0 Å². The second kappa shape index (κ2) is 6.10. The lowest BCUT2D eigenvalue weighted by molar-refractivity contribution is 0.582. The van der Waals surface area contributed by atoms with Crippen molar-refractivity contribution >= 4 is 11.6 Å². The van der Waals surface area contributed by atoms with Crippen LogP contribution in [-0.4, -0.2) is 9.97 Å². The van der Waals surface area contributed by atoms with E-state index in [1.54, 1.807) is 12.4 Å². The lowest BCUT2D eigenvalue weighted by atomic mass is 10.1. The fourth-order valence-corrected chi connectivity index (χ4v) is 1.93. The van der Waals surface area contributed by atoms with E-state index in [1.165, 1.54) is 12.1 Å². The molecule has 3 rings (SSSR count). The lowest BCUT2D eigenvalue weighted by Crippen LogP contribution is -1.95. The predicted molar refractivity (Wildman–Crippen MR) is 80.7 cm³/mol. The third kappa shape index (κ3) is 3.30. The molecule has 0 saturated heterocycles. The molecule has 22 heavy (non-hydrogen) atoms. The summed E-state index contributed by atoms with van der Waals surface area (Å²) in [5.41, 5.74) is 1.73. The van der Waals surface area contributed by atoms with E-state index >= 15 is 0 Å². The number of imidazole rings is 1. The SMILES string of the molecule is Fc1cc(F)cc(C#Cc2ccccc2Nc2ncc[nH]2)c1. The number of nitrogens with one attached hydrogen (secondary N) is 2. The van der Waals surface area contributed by atoms with Gasteiger partial charge in [0.25, 0.3) is 0 Å². The molecule has 0 radical (unpaired) electrons. The minimum atomic E-state index is -0.647. The number of hydrogen-bond acceptors (Lipinski definition) is 2. The van der Waals surface area contributed by atoms with Gasteiger partial charge in [-0.05, 0) is 24.3 Å². The van der Waals surface area contributed by atoms with Crippen molar-refractivity contribution in [2.45, 2.75) is 0 Å². The summed E-state index contributed by atoms with van der Waals surface area (Å²) in [4.78, 5) is 7.01. The van der Waals surface area contributed by atoms with Crippen LogP contribution < -0.4 is 5.32 Å². The molecule has 0 aliphatic heterocycles. The number of rotatable bonds is 2. The molecule has 108 valence electrons. The van der Waals surface area contributed by atoms with E-state index in [-0.39, 0.29) is 5.56 Å². The second-order valence-electron chi connectivity index (χ2n) is 4.52. The first-order valence-corrected chi connectivity index (χ1v) is 6.54. The number of benzene rings is 2.